The Balaban J connectivity index is 2.46. The van der Waals surface area contributed by atoms with Gasteiger partial charge in [-0.3, -0.25) is 4.48 Å². The van der Waals surface area contributed by atoms with Crippen molar-refractivity contribution in [2.24, 2.45) is 0 Å². The lowest BCUT2D eigenvalue weighted by Crippen LogP contribution is -2.62. The number of nitriles is 1. The van der Waals surface area contributed by atoms with Gasteiger partial charge in [0.05, 0.1) is 24.3 Å². The van der Waals surface area contributed by atoms with Crippen LogP contribution in [0.4, 0.5) is 10.6 Å². The van der Waals surface area contributed by atoms with E-state index in [1.54, 1.807) is 6.20 Å². The van der Waals surface area contributed by atoms with Gasteiger partial charge in [-0.25, -0.2) is 9.97 Å². The number of rotatable bonds is 2. The van der Waals surface area contributed by atoms with Crippen LogP contribution in [0, 0.1) is 11.3 Å². The summed E-state index contributed by atoms with van der Waals surface area (Å²) in [6.45, 7) is 7.41. The lowest BCUT2D eigenvalue weighted by Gasteiger charge is -2.44. The van der Waals surface area contributed by atoms with Crippen LogP contribution in [0.1, 0.15) is 32.9 Å². The fourth-order valence-corrected chi connectivity index (χ4v) is 3.06. The van der Waals surface area contributed by atoms with Crippen molar-refractivity contribution < 1.29 is 9.90 Å². The van der Waals surface area contributed by atoms with Crippen LogP contribution >= 0.6 is 0 Å². The maximum absolute atomic E-state index is 10.8. The second-order valence-corrected chi connectivity index (χ2v) is 6.30. The fourth-order valence-electron chi connectivity index (χ4n) is 3.06. The van der Waals surface area contributed by atoms with Gasteiger partial charge in [0.2, 0.25) is 5.69 Å². The van der Waals surface area contributed by atoms with Gasteiger partial charge in [-0.1, -0.05) is 0 Å². The lowest BCUT2D eigenvalue weighted by atomic mass is 10.0. The predicted molar refractivity (Wildman–Crippen MR) is 75.0 cm³/mol. The number of nitrogens with one attached hydrogen (secondary N) is 1. The van der Waals surface area contributed by atoms with Crippen LogP contribution in [0.25, 0.3) is 0 Å². The summed E-state index contributed by atoms with van der Waals surface area (Å²) in [5.74, 6) is 0.607. The predicted octanol–water partition coefficient (Wildman–Crippen LogP) is 0.159. The van der Waals surface area contributed by atoms with Gasteiger partial charge >= 0.3 is 0 Å². The fraction of sp³-hybridized carbons (Fsp3) is 0.571. The summed E-state index contributed by atoms with van der Waals surface area (Å²) in [4.78, 5) is 19.2. The molecule has 0 radical (unpaired) electrons. The third-order valence-corrected chi connectivity index (χ3v) is 4.19. The van der Waals surface area contributed by atoms with Gasteiger partial charge in [-0.2, -0.15) is 5.26 Å². The molecule has 2 rings (SSSR count). The molecule has 1 aromatic heterocycles. The molecule has 1 amide bonds. The first-order chi connectivity index (χ1) is 9.80. The molecule has 0 aliphatic carbocycles. The zero-order valence-corrected chi connectivity index (χ0v) is 12.5. The SMILES string of the molecule is CC(C)(C)[N+]1(c2nccnc2C#N)CC[C@H](NC(=O)[O-])C1. The highest BCUT2D eigenvalue weighted by Gasteiger charge is 2.51. The molecule has 0 spiro atoms. The third-order valence-electron chi connectivity index (χ3n) is 4.19. The van der Waals surface area contributed by atoms with E-state index in [0.29, 0.717) is 35.5 Å². The maximum Gasteiger partial charge on any atom is 0.265 e. The normalized spacial score (nSPS) is 25.3. The number of likely N-dealkylation sites (tertiary alicyclic amines) is 1. The first kappa shape index (κ1) is 15.2. The smallest absolute Gasteiger partial charge is 0.265 e. The van der Waals surface area contributed by atoms with Gasteiger partial charge in [0.15, 0.2) is 0 Å². The third kappa shape index (κ3) is 2.67. The number of hydrogen-bond donors (Lipinski definition) is 1. The van der Waals surface area contributed by atoms with Gasteiger partial charge in [-0.15, -0.1) is 0 Å². The molecule has 1 aliphatic heterocycles. The van der Waals surface area contributed by atoms with Crippen LogP contribution in [-0.4, -0.2) is 40.7 Å². The minimum Gasteiger partial charge on any atom is -0.530 e. The molecule has 1 saturated heterocycles. The summed E-state index contributed by atoms with van der Waals surface area (Å²) >= 11 is 0. The number of carboxylic acid groups (broad SMARTS) is 1. The molecular weight excluding hydrogens is 270 g/mol. The van der Waals surface area contributed by atoms with E-state index in [4.69, 9.17) is 0 Å². The summed E-state index contributed by atoms with van der Waals surface area (Å²) in [5.41, 5.74) is 0.0609. The van der Waals surface area contributed by atoms with Crippen molar-refractivity contribution in [1.82, 2.24) is 19.8 Å². The van der Waals surface area contributed by atoms with E-state index in [1.807, 2.05) is 0 Å². The molecule has 0 aromatic carbocycles. The molecule has 0 saturated carbocycles. The number of nitrogens with zero attached hydrogens (tertiary/aromatic N) is 4. The molecule has 1 aromatic rings. The Bertz CT molecular complexity index is 590. The number of carbonyl (C=O) groups excluding carboxylic acids is 1. The largest absolute Gasteiger partial charge is 0.530 e. The van der Waals surface area contributed by atoms with Crippen LogP contribution in [0.2, 0.25) is 0 Å². The Kier molecular flexibility index (Phi) is 3.83. The first-order valence-corrected chi connectivity index (χ1v) is 6.86. The Morgan fingerprint density at radius 2 is 2.14 bits per heavy atom. The van der Waals surface area contributed by atoms with E-state index in [1.165, 1.54) is 6.20 Å². The molecule has 1 N–H and O–H groups in total. The van der Waals surface area contributed by atoms with E-state index in [-0.39, 0.29) is 11.6 Å². The molecule has 1 unspecified atom stereocenters. The monoisotopic (exact) mass is 289 g/mol. The maximum atomic E-state index is 10.8. The quantitative estimate of drug-likeness (QED) is 0.781. The van der Waals surface area contributed by atoms with Crippen molar-refractivity contribution in [3.8, 4) is 6.07 Å². The lowest BCUT2D eigenvalue weighted by molar-refractivity contribution is -0.251. The molecule has 21 heavy (non-hydrogen) atoms. The highest BCUT2D eigenvalue weighted by molar-refractivity contribution is 5.62. The average Bonchev–Trinajstić information content (AvgIpc) is 2.82. The zero-order valence-electron chi connectivity index (χ0n) is 12.5. The van der Waals surface area contributed by atoms with Crippen molar-refractivity contribution in [1.29, 1.82) is 5.26 Å². The van der Waals surface area contributed by atoms with E-state index >= 15 is 0 Å². The molecule has 0 bridgehead atoms. The number of carbonyl (C=O) groups is 1. The zero-order chi connectivity index (χ0) is 15.7. The standard InChI is InChI=1S/C14H19N5O2/c1-14(2,3)19(7-4-10(9-19)18-13(20)21)12-11(8-15)16-5-6-17-12/h5-6,10,18H,4,7,9H2,1-3H3/t10-,19?/m0/s1. The summed E-state index contributed by atoms with van der Waals surface area (Å²) in [6, 6.07) is 1.88. The Labute approximate surface area is 123 Å². The van der Waals surface area contributed by atoms with Crippen LogP contribution in [0.3, 0.4) is 0 Å². The van der Waals surface area contributed by atoms with Gasteiger partial charge in [0.25, 0.3) is 5.82 Å². The van der Waals surface area contributed by atoms with Gasteiger partial charge in [0, 0.05) is 12.6 Å². The van der Waals surface area contributed by atoms with Crippen molar-refractivity contribution in [3.05, 3.63) is 18.1 Å². The Hall–Kier alpha value is -2.20. The minimum atomic E-state index is -1.27. The molecule has 2 heterocycles. The molecular formula is C14H19N5O2. The Morgan fingerprint density at radius 3 is 2.71 bits per heavy atom. The van der Waals surface area contributed by atoms with Gasteiger partial charge < -0.3 is 15.2 Å². The Morgan fingerprint density at radius 1 is 1.48 bits per heavy atom. The van der Waals surface area contributed by atoms with E-state index in [9.17, 15) is 15.2 Å². The first-order valence-electron chi connectivity index (χ1n) is 6.86. The number of aromatic nitrogens is 2. The van der Waals surface area contributed by atoms with E-state index in [2.05, 4.69) is 42.1 Å². The summed E-state index contributed by atoms with van der Waals surface area (Å²) in [6.07, 6.45) is 2.47. The molecule has 7 nitrogen and oxygen atoms in total. The van der Waals surface area contributed by atoms with E-state index < -0.39 is 6.09 Å². The molecule has 1 aliphatic rings. The number of hydrogen-bond acceptors (Lipinski definition) is 5. The molecule has 112 valence electrons. The van der Waals surface area contributed by atoms with Crippen molar-refractivity contribution in [2.75, 3.05) is 13.1 Å². The van der Waals surface area contributed by atoms with Gasteiger partial charge in [0.1, 0.15) is 18.7 Å². The van der Waals surface area contributed by atoms with Crippen LogP contribution in [-0.2, 0) is 0 Å². The average molecular weight is 289 g/mol. The second-order valence-electron chi connectivity index (χ2n) is 6.30. The highest BCUT2D eigenvalue weighted by atomic mass is 16.4. The van der Waals surface area contributed by atoms with E-state index in [0.717, 1.165) is 0 Å². The molecule has 7 heteroatoms. The van der Waals surface area contributed by atoms with Crippen LogP contribution < -0.4 is 14.9 Å². The van der Waals surface area contributed by atoms with Crippen LogP contribution in [0.5, 0.6) is 0 Å². The van der Waals surface area contributed by atoms with Crippen molar-refractivity contribution in [3.63, 3.8) is 0 Å². The summed E-state index contributed by atoms with van der Waals surface area (Å²) in [7, 11) is 0. The van der Waals surface area contributed by atoms with Crippen molar-refractivity contribution >= 4 is 11.9 Å². The highest BCUT2D eigenvalue weighted by Crippen LogP contribution is 2.37. The molecule has 2 atom stereocenters. The molecule has 1 fully saturated rings. The van der Waals surface area contributed by atoms with Crippen LogP contribution in [0.15, 0.2) is 12.4 Å². The topological polar surface area (TPSA) is 102 Å². The number of quaternary nitrogens is 1. The number of amides is 1. The van der Waals surface area contributed by atoms with Gasteiger partial charge in [-0.05, 0) is 20.8 Å². The summed E-state index contributed by atoms with van der Waals surface area (Å²) < 4.78 is 0.425. The summed E-state index contributed by atoms with van der Waals surface area (Å²) in [5, 5.41) is 22.5. The van der Waals surface area contributed by atoms with Crippen molar-refractivity contribution in [2.45, 2.75) is 38.8 Å². The second kappa shape index (κ2) is 5.30. The minimum absolute atomic E-state index is 0.206.